The van der Waals surface area contributed by atoms with Gasteiger partial charge in [0.15, 0.2) is 0 Å². The highest BCUT2D eigenvalue weighted by molar-refractivity contribution is 5.92. The summed E-state index contributed by atoms with van der Waals surface area (Å²) in [6.45, 7) is 4.27. The van der Waals surface area contributed by atoms with Gasteiger partial charge in [0.1, 0.15) is 11.9 Å². The van der Waals surface area contributed by atoms with E-state index in [0.717, 1.165) is 19.3 Å². The van der Waals surface area contributed by atoms with E-state index in [1.807, 2.05) is 6.07 Å². The van der Waals surface area contributed by atoms with Gasteiger partial charge in [0, 0.05) is 12.1 Å². The number of nitriles is 1. The van der Waals surface area contributed by atoms with E-state index in [0.29, 0.717) is 11.4 Å². The zero-order valence-electron chi connectivity index (χ0n) is 10.7. The van der Waals surface area contributed by atoms with Gasteiger partial charge >= 0.3 is 0 Å². The van der Waals surface area contributed by atoms with E-state index in [1.54, 1.807) is 12.1 Å². The second-order valence-electron chi connectivity index (χ2n) is 5.47. The SMILES string of the molecule is CC1(C)CCCC1C(=O)Nc1ccc(C#N)cn1. The molecule has 1 aromatic rings. The molecule has 1 aliphatic rings. The van der Waals surface area contributed by atoms with Crippen molar-refractivity contribution in [2.24, 2.45) is 11.3 Å². The second-order valence-corrected chi connectivity index (χ2v) is 5.47. The zero-order chi connectivity index (χ0) is 13.2. The predicted molar refractivity (Wildman–Crippen MR) is 68.7 cm³/mol. The van der Waals surface area contributed by atoms with Crippen LogP contribution in [0.25, 0.3) is 0 Å². The third-order valence-corrected chi connectivity index (χ3v) is 3.72. The number of aromatic nitrogens is 1. The summed E-state index contributed by atoms with van der Waals surface area (Å²) >= 11 is 0. The van der Waals surface area contributed by atoms with Gasteiger partial charge in [-0.1, -0.05) is 20.3 Å². The molecule has 18 heavy (non-hydrogen) atoms. The minimum absolute atomic E-state index is 0.0368. The van der Waals surface area contributed by atoms with E-state index < -0.39 is 0 Å². The van der Waals surface area contributed by atoms with Crippen molar-refractivity contribution >= 4 is 11.7 Å². The fourth-order valence-corrected chi connectivity index (χ4v) is 2.56. The molecule has 1 N–H and O–H groups in total. The molecule has 0 bridgehead atoms. The number of nitrogens with zero attached hydrogens (tertiary/aromatic N) is 2. The fraction of sp³-hybridized carbons (Fsp3) is 0.500. The average molecular weight is 243 g/mol. The van der Waals surface area contributed by atoms with Crippen LogP contribution in [0.3, 0.4) is 0 Å². The molecule has 1 saturated carbocycles. The number of amides is 1. The largest absolute Gasteiger partial charge is 0.310 e. The lowest BCUT2D eigenvalue weighted by Gasteiger charge is -2.25. The minimum atomic E-state index is 0.0368. The molecule has 0 aromatic carbocycles. The summed E-state index contributed by atoms with van der Waals surface area (Å²) in [5.74, 6) is 0.603. The van der Waals surface area contributed by atoms with Crippen LogP contribution in [0.4, 0.5) is 5.82 Å². The topological polar surface area (TPSA) is 65.8 Å². The molecule has 1 heterocycles. The summed E-state index contributed by atoms with van der Waals surface area (Å²) in [5, 5.41) is 11.5. The van der Waals surface area contributed by atoms with Gasteiger partial charge in [-0.25, -0.2) is 4.98 Å². The third-order valence-electron chi connectivity index (χ3n) is 3.72. The molecular formula is C14H17N3O. The lowest BCUT2D eigenvalue weighted by atomic mass is 9.81. The Balaban J connectivity index is 2.05. The molecule has 2 rings (SSSR count). The number of hydrogen-bond donors (Lipinski definition) is 1. The average Bonchev–Trinajstić information content (AvgIpc) is 2.70. The highest BCUT2D eigenvalue weighted by Gasteiger charge is 2.39. The van der Waals surface area contributed by atoms with Gasteiger partial charge in [0.05, 0.1) is 5.56 Å². The highest BCUT2D eigenvalue weighted by Crippen LogP contribution is 2.42. The van der Waals surface area contributed by atoms with Crippen molar-refractivity contribution in [2.75, 3.05) is 5.32 Å². The Kier molecular flexibility index (Phi) is 3.33. The van der Waals surface area contributed by atoms with E-state index in [2.05, 4.69) is 24.1 Å². The first kappa shape index (κ1) is 12.6. The van der Waals surface area contributed by atoms with Crippen LogP contribution >= 0.6 is 0 Å². The van der Waals surface area contributed by atoms with Crippen molar-refractivity contribution in [3.63, 3.8) is 0 Å². The number of pyridine rings is 1. The van der Waals surface area contributed by atoms with Crippen molar-refractivity contribution in [2.45, 2.75) is 33.1 Å². The Morgan fingerprint density at radius 3 is 2.83 bits per heavy atom. The Labute approximate surface area is 107 Å². The van der Waals surface area contributed by atoms with Crippen LogP contribution in [0, 0.1) is 22.7 Å². The van der Waals surface area contributed by atoms with Gasteiger partial charge in [-0.05, 0) is 30.4 Å². The van der Waals surface area contributed by atoms with Crippen molar-refractivity contribution in [3.05, 3.63) is 23.9 Å². The zero-order valence-corrected chi connectivity index (χ0v) is 10.7. The Morgan fingerprint density at radius 2 is 2.33 bits per heavy atom. The fourth-order valence-electron chi connectivity index (χ4n) is 2.56. The van der Waals surface area contributed by atoms with Gasteiger partial charge < -0.3 is 5.32 Å². The predicted octanol–water partition coefficient (Wildman–Crippen LogP) is 2.72. The maximum atomic E-state index is 12.2. The number of carbonyl (C=O) groups excluding carboxylic acids is 1. The van der Waals surface area contributed by atoms with E-state index in [1.165, 1.54) is 6.20 Å². The molecule has 94 valence electrons. The molecule has 0 radical (unpaired) electrons. The van der Waals surface area contributed by atoms with Gasteiger partial charge in [-0.15, -0.1) is 0 Å². The molecule has 4 heteroatoms. The van der Waals surface area contributed by atoms with Crippen LogP contribution in [0.2, 0.25) is 0 Å². The molecule has 0 saturated heterocycles. The Morgan fingerprint density at radius 1 is 1.56 bits per heavy atom. The first-order valence-corrected chi connectivity index (χ1v) is 6.20. The molecular weight excluding hydrogens is 226 g/mol. The van der Waals surface area contributed by atoms with Crippen LogP contribution in [-0.2, 0) is 4.79 Å². The Bertz CT molecular complexity index is 485. The number of hydrogen-bond acceptors (Lipinski definition) is 3. The summed E-state index contributed by atoms with van der Waals surface area (Å²) < 4.78 is 0. The molecule has 4 nitrogen and oxygen atoms in total. The molecule has 1 amide bonds. The quantitative estimate of drug-likeness (QED) is 0.868. The normalized spacial score (nSPS) is 21.3. The van der Waals surface area contributed by atoms with Crippen LogP contribution in [0.1, 0.15) is 38.7 Å². The molecule has 1 atom stereocenters. The summed E-state index contributed by atoms with van der Waals surface area (Å²) in [7, 11) is 0. The van der Waals surface area contributed by atoms with Crippen LogP contribution in [0.15, 0.2) is 18.3 Å². The molecule has 1 aromatic heterocycles. The summed E-state index contributed by atoms with van der Waals surface area (Å²) in [6.07, 6.45) is 4.60. The highest BCUT2D eigenvalue weighted by atomic mass is 16.2. The Hall–Kier alpha value is -1.89. The molecule has 1 aliphatic carbocycles. The molecule has 0 aliphatic heterocycles. The molecule has 1 unspecified atom stereocenters. The lowest BCUT2D eigenvalue weighted by Crippen LogP contribution is -2.31. The number of carbonyl (C=O) groups is 1. The van der Waals surface area contributed by atoms with Gasteiger partial charge in [-0.2, -0.15) is 5.26 Å². The van der Waals surface area contributed by atoms with E-state index >= 15 is 0 Å². The summed E-state index contributed by atoms with van der Waals surface area (Å²) in [5.41, 5.74) is 0.561. The smallest absolute Gasteiger partial charge is 0.229 e. The van der Waals surface area contributed by atoms with E-state index in [-0.39, 0.29) is 17.2 Å². The third kappa shape index (κ3) is 2.51. The standard InChI is InChI=1S/C14H17N3O/c1-14(2)7-3-4-11(14)13(18)17-12-6-5-10(8-15)9-16-12/h5-6,9,11H,3-4,7H2,1-2H3,(H,16,17,18). The second kappa shape index (κ2) is 4.77. The molecule has 0 spiro atoms. The number of rotatable bonds is 2. The molecule has 1 fully saturated rings. The first-order valence-electron chi connectivity index (χ1n) is 6.20. The van der Waals surface area contributed by atoms with Crippen molar-refractivity contribution < 1.29 is 4.79 Å². The van der Waals surface area contributed by atoms with Crippen molar-refractivity contribution in [1.82, 2.24) is 4.98 Å². The van der Waals surface area contributed by atoms with Gasteiger partial charge in [-0.3, -0.25) is 4.79 Å². The lowest BCUT2D eigenvalue weighted by molar-refractivity contribution is -0.122. The van der Waals surface area contributed by atoms with Gasteiger partial charge in [0.2, 0.25) is 5.91 Å². The van der Waals surface area contributed by atoms with Crippen LogP contribution < -0.4 is 5.32 Å². The van der Waals surface area contributed by atoms with Crippen LogP contribution in [-0.4, -0.2) is 10.9 Å². The van der Waals surface area contributed by atoms with Crippen LogP contribution in [0.5, 0.6) is 0 Å². The summed E-state index contributed by atoms with van der Waals surface area (Å²) in [6, 6.07) is 5.32. The van der Waals surface area contributed by atoms with Gasteiger partial charge in [0.25, 0.3) is 0 Å². The maximum Gasteiger partial charge on any atom is 0.229 e. The van der Waals surface area contributed by atoms with E-state index in [9.17, 15) is 4.79 Å². The van der Waals surface area contributed by atoms with Crippen molar-refractivity contribution in [1.29, 1.82) is 5.26 Å². The monoisotopic (exact) mass is 243 g/mol. The minimum Gasteiger partial charge on any atom is -0.310 e. The van der Waals surface area contributed by atoms with Crippen molar-refractivity contribution in [3.8, 4) is 6.07 Å². The first-order chi connectivity index (χ1) is 8.53. The summed E-state index contributed by atoms with van der Waals surface area (Å²) in [4.78, 5) is 16.2. The number of nitrogens with one attached hydrogen (secondary N) is 1. The number of anilines is 1. The van der Waals surface area contributed by atoms with E-state index in [4.69, 9.17) is 5.26 Å². The maximum absolute atomic E-state index is 12.2.